The van der Waals surface area contributed by atoms with Gasteiger partial charge in [0, 0.05) is 13.1 Å². The highest BCUT2D eigenvalue weighted by atomic mass is 16.5. The molecule has 1 saturated heterocycles. The van der Waals surface area contributed by atoms with E-state index in [9.17, 15) is 9.59 Å². The first kappa shape index (κ1) is 18.5. The molecule has 1 unspecified atom stereocenters. The standard InChI is InChI=1S/C17H22N6O4/c1-2-26-17(25)11-5-3-7-23(9-11)15-13(18)14(19-10-20-15)21-22-16(24)12-6-4-8-27-12/h4,6,8,10-11H,2-3,5,7,9,18H2,1H3,(H,22,24)(H,19,20,21). The molecule has 0 aliphatic carbocycles. The van der Waals surface area contributed by atoms with Gasteiger partial charge in [0.25, 0.3) is 0 Å². The number of furan rings is 1. The van der Waals surface area contributed by atoms with Gasteiger partial charge in [-0.15, -0.1) is 0 Å². The zero-order valence-electron chi connectivity index (χ0n) is 15.0. The molecule has 1 aliphatic rings. The number of carbonyl (C=O) groups excluding carboxylic acids is 2. The molecule has 2 aromatic rings. The Morgan fingerprint density at radius 2 is 2.30 bits per heavy atom. The number of anilines is 3. The molecule has 2 aromatic heterocycles. The Morgan fingerprint density at radius 1 is 1.44 bits per heavy atom. The third-order valence-corrected chi connectivity index (χ3v) is 4.24. The van der Waals surface area contributed by atoms with Gasteiger partial charge in [-0.1, -0.05) is 0 Å². The molecule has 1 aliphatic heterocycles. The highest BCUT2D eigenvalue weighted by Crippen LogP contribution is 2.29. The number of amides is 1. The molecule has 144 valence electrons. The van der Waals surface area contributed by atoms with E-state index in [-0.39, 0.29) is 29.2 Å². The second kappa shape index (κ2) is 8.39. The van der Waals surface area contributed by atoms with E-state index in [0.29, 0.717) is 19.0 Å². The van der Waals surface area contributed by atoms with E-state index in [0.717, 1.165) is 19.4 Å². The van der Waals surface area contributed by atoms with Crippen molar-refractivity contribution in [2.45, 2.75) is 19.8 Å². The summed E-state index contributed by atoms with van der Waals surface area (Å²) in [4.78, 5) is 34.2. The van der Waals surface area contributed by atoms with Crippen molar-refractivity contribution in [3.63, 3.8) is 0 Å². The summed E-state index contributed by atoms with van der Waals surface area (Å²) in [6, 6.07) is 3.15. The van der Waals surface area contributed by atoms with Crippen LogP contribution in [0.25, 0.3) is 0 Å². The van der Waals surface area contributed by atoms with Gasteiger partial charge in [0.1, 0.15) is 12.0 Å². The lowest BCUT2D eigenvalue weighted by atomic mass is 9.98. The Hall–Kier alpha value is -3.30. The van der Waals surface area contributed by atoms with Gasteiger partial charge in [0.05, 0.1) is 18.8 Å². The van der Waals surface area contributed by atoms with E-state index in [2.05, 4.69) is 20.8 Å². The normalized spacial score (nSPS) is 16.6. The lowest BCUT2D eigenvalue weighted by molar-refractivity contribution is -0.148. The molecule has 0 bridgehead atoms. The molecule has 0 saturated carbocycles. The van der Waals surface area contributed by atoms with E-state index in [1.807, 2.05) is 4.90 Å². The van der Waals surface area contributed by atoms with Gasteiger partial charge in [-0.3, -0.25) is 20.4 Å². The van der Waals surface area contributed by atoms with Gasteiger partial charge >= 0.3 is 11.9 Å². The number of rotatable bonds is 6. The largest absolute Gasteiger partial charge is 0.466 e. The van der Waals surface area contributed by atoms with E-state index in [4.69, 9.17) is 14.9 Å². The molecule has 0 radical (unpaired) electrons. The van der Waals surface area contributed by atoms with Gasteiger partial charge in [-0.25, -0.2) is 9.97 Å². The number of hydrogen-bond donors (Lipinski definition) is 3. The number of nitrogen functional groups attached to an aromatic ring is 1. The number of nitrogens with two attached hydrogens (primary N) is 1. The van der Waals surface area contributed by atoms with Crippen LogP contribution in [0.3, 0.4) is 0 Å². The number of ether oxygens (including phenoxy) is 1. The molecule has 1 atom stereocenters. The molecule has 3 heterocycles. The van der Waals surface area contributed by atoms with Crippen LogP contribution in [0.4, 0.5) is 17.3 Å². The zero-order chi connectivity index (χ0) is 19.2. The fourth-order valence-corrected chi connectivity index (χ4v) is 2.95. The Labute approximate surface area is 156 Å². The molecule has 10 heteroatoms. The minimum absolute atomic E-state index is 0.156. The number of nitrogens with one attached hydrogen (secondary N) is 2. The summed E-state index contributed by atoms with van der Waals surface area (Å²) in [6.45, 7) is 3.33. The molecule has 1 amide bonds. The van der Waals surface area contributed by atoms with Crippen LogP contribution >= 0.6 is 0 Å². The SMILES string of the molecule is CCOC(=O)C1CCCN(c2ncnc(NNC(=O)c3ccco3)c2N)C1. The average molecular weight is 374 g/mol. The zero-order valence-corrected chi connectivity index (χ0v) is 15.0. The number of hydrogen-bond acceptors (Lipinski definition) is 9. The minimum Gasteiger partial charge on any atom is -0.466 e. The van der Waals surface area contributed by atoms with Crippen LogP contribution < -0.4 is 21.5 Å². The Bertz CT molecular complexity index is 795. The lowest BCUT2D eigenvalue weighted by Crippen LogP contribution is -2.40. The molecule has 1 fully saturated rings. The topological polar surface area (TPSA) is 136 Å². The predicted octanol–water partition coefficient (Wildman–Crippen LogP) is 1.19. The third-order valence-electron chi connectivity index (χ3n) is 4.24. The number of hydrazine groups is 1. The van der Waals surface area contributed by atoms with Crippen molar-refractivity contribution in [3.8, 4) is 0 Å². The fourth-order valence-electron chi connectivity index (χ4n) is 2.95. The van der Waals surface area contributed by atoms with Gasteiger partial charge in [-0.05, 0) is 31.9 Å². The fraction of sp³-hybridized carbons (Fsp3) is 0.412. The Balaban J connectivity index is 1.68. The van der Waals surface area contributed by atoms with Gasteiger partial charge in [0.15, 0.2) is 17.4 Å². The highest BCUT2D eigenvalue weighted by molar-refractivity contribution is 5.92. The van der Waals surface area contributed by atoms with Crippen molar-refractivity contribution >= 4 is 29.2 Å². The second-order valence-electron chi connectivity index (χ2n) is 6.05. The molecular weight excluding hydrogens is 352 g/mol. The smallest absolute Gasteiger partial charge is 0.310 e. The third kappa shape index (κ3) is 4.27. The van der Waals surface area contributed by atoms with Gasteiger partial charge in [0.2, 0.25) is 0 Å². The molecule has 27 heavy (non-hydrogen) atoms. The molecule has 10 nitrogen and oxygen atoms in total. The first-order valence-corrected chi connectivity index (χ1v) is 8.72. The van der Waals surface area contributed by atoms with Crippen LogP contribution in [0, 0.1) is 5.92 Å². The number of aromatic nitrogens is 2. The van der Waals surface area contributed by atoms with Crippen LogP contribution in [0.2, 0.25) is 0 Å². The van der Waals surface area contributed by atoms with Crippen molar-refractivity contribution in [3.05, 3.63) is 30.5 Å². The maximum absolute atomic E-state index is 12.0. The number of esters is 1. The summed E-state index contributed by atoms with van der Waals surface area (Å²) in [5.74, 6) is 0.0393. The number of nitrogens with zero attached hydrogens (tertiary/aromatic N) is 3. The first-order valence-electron chi connectivity index (χ1n) is 8.72. The lowest BCUT2D eigenvalue weighted by Gasteiger charge is -2.33. The number of carbonyl (C=O) groups is 2. The van der Waals surface area contributed by atoms with Gasteiger partial charge in [-0.2, -0.15) is 0 Å². The minimum atomic E-state index is -0.458. The molecule has 3 rings (SSSR count). The quantitative estimate of drug-likeness (QED) is 0.503. The maximum atomic E-state index is 12.0. The summed E-state index contributed by atoms with van der Waals surface area (Å²) in [5.41, 5.74) is 11.6. The maximum Gasteiger partial charge on any atom is 0.310 e. The molecular formula is C17H22N6O4. The van der Waals surface area contributed by atoms with Crippen LogP contribution in [0.5, 0.6) is 0 Å². The molecule has 4 N–H and O–H groups in total. The van der Waals surface area contributed by atoms with E-state index < -0.39 is 5.91 Å². The molecule has 0 spiro atoms. The highest BCUT2D eigenvalue weighted by Gasteiger charge is 2.29. The van der Waals surface area contributed by atoms with Crippen molar-refractivity contribution in [1.29, 1.82) is 0 Å². The Kier molecular flexibility index (Phi) is 5.74. The summed E-state index contributed by atoms with van der Waals surface area (Å²) in [7, 11) is 0. The first-order chi connectivity index (χ1) is 13.1. The van der Waals surface area contributed by atoms with Gasteiger partial charge < -0.3 is 19.8 Å². The summed E-state index contributed by atoms with van der Waals surface area (Å²) in [5, 5.41) is 0. The van der Waals surface area contributed by atoms with Crippen molar-refractivity contribution in [1.82, 2.24) is 15.4 Å². The second-order valence-corrected chi connectivity index (χ2v) is 6.05. The molecule has 0 aromatic carbocycles. The average Bonchev–Trinajstić information content (AvgIpc) is 3.22. The monoisotopic (exact) mass is 374 g/mol. The van der Waals surface area contributed by atoms with E-state index in [1.165, 1.54) is 18.7 Å². The van der Waals surface area contributed by atoms with E-state index in [1.54, 1.807) is 13.0 Å². The number of piperidine rings is 1. The summed E-state index contributed by atoms with van der Waals surface area (Å²) >= 11 is 0. The summed E-state index contributed by atoms with van der Waals surface area (Å²) < 4.78 is 10.1. The predicted molar refractivity (Wildman–Crippen MR) is 97.8 cm³/mol. The summed E-state index contributed by atoms with van der Waals surface area (Å²) in [6.07, 6.45) is 4.35. The van der Waals surface area contributed by atoms with Crippen LogP contribution in [-0.2, 0) is 9.53 Å². The van der Waals surface area contributed by atoms with Crippen molar-refractivity contribution in [2.24, 2.45) is 5.92 Å². The van der Waals surface area contributed by atoms with Crippen molar-refractivity contribution < 1.29 is 18.7 Å². The Morgan fingerprint density at radius 3 is 3.04 bits per heavy atom. The van der Waals surface area contributed by atoms with Crippen molar-refractivity contribution in [2.75, 3.05) is 35.8 Å². The van der Waals surface area contributed by atoms with Crippen LogP contribution in [0.1, 0.15) is 30.3 Å². The van der Waals surface area contributed by atoms with Crippen LogP contribution in [0.15, 0.2) is 29.1 Å². The van der Waals surface area contributed by atoms with E-state index >= 15 is 0 Å². The van der Waals surface area contributed by atoms with Crippen LogP contribution in [-0.4, -0.2) is 41.5 Å².